The predicted molar refractivity (Wildman–Crippen MR) is 81.0 cm³/mol. The van der Waals surface area contributed by atoms with Gasteiger partial charge in [-0.2, -0.15) is 0 Å². The first kappa shape index (κ1) is 14.0. The molecule has 0 radical (unpaired) electrons. The third-order valence-electron chi connectivity index (χ3n) is 3.45. The van der Waals surface area contributed by atoms with Gasteiger partial charge in [-0.25, -0.2) is 4.39 Å². The van der Waals surface area contributed by atoms with Crippen LogP contribution in [0.15, 0.2) is 36.4 Å². The van der Waals surface area contributed by atoms with Crippen molar-refractivity contribution >= 4 is 17.3 Å². The number of rotatable bonds is 4. The van der Waals surface area contributed by atoms with Crippen LogP contribution in [-0.2, 0) is 6.42 Å². The molecule has 1 unspecified atom stereocenters. The number of nitrogens with one attached hydrogen (secondary N) is 1. The molecule has 21 heavy (non-hydrogen) atoms. The molecule has 0 fully saturated rings. The number of ether oxygens (including phenoxy) is 2. The maximum atomic E-state index is 13.2. The molecule has 3 nitrogen and oxygen atoms in total. The predicted octanol–water partition coefficient (Wildman–Crippen LogP) is 3.90. The Morgan fingerprint density at radius 2 is 2.19 bits per heavy atom. The van der Waals surface area contributed by atoms with Gasteiger partial charge in [0.15, 0.2) is 0 Å². The third kappa shape index (κ3) is 3.05. The molecule has 0 saturated heterocycles. The average molecular weight is 308 g/mol. The Balaban J connectivity index is 1.62. The fraction of sp³-hybridized carbons (Fsp3) is 0.250. The number of halogens is 2. The van der Waals surface area contributed by atoms with Crippen molar-refractivity contribution in [1.82, 2.24) is 0 Å². The zero-order chi connectivity index (χ0) is 14.8. The standard InChI is InChI=1S/C16H15ClFNO2/c1-20-16-8-12(3-4-14(16)17)19-9-13-7-10-6-11(18)2-5-15(10)21-13/h2-6,8,13,19H,7,9H2,1H3. The summed E-state index contributed by atoms with van der Waals surface area (Å²) in [5, 5.41) is 3.85. The Kier molecular flexibility index (Phi) is 3.88. The molecule has 0 amide bonds. The van der Waals surface area contributed by atoms with E-state index in [9.17, 15) is 4.39 Å². The SMILES string of the molecule is COc1cc(NCC2Cc3cc(F)ccc3O2)ccc1Cl. The molecular formula is C16H15ClFNO2. The van der Waals surface area contributed by atoms with Crippen LogP contribution in [0, 0.1) is 5.82 Å². The van der Waals surface area contributed by atoms with Crippen LogP contribution in [0.5, 0.6) is 11.5 Å². The van der Waals surface area contributed by atoms with Gasteiger partial charge in [-0.05, 0) is 30.3 Å². The second-order valence-corrected chi connectivity index (χ2v) is 5.33. The van der Waals surface area contributed by atoms with Crippen molar-refractivity contribution in [3.63, 3.8) is 0 Å². The highest BCUT2D eigenvalue weighted by atomic mass is 35.5. The van der Waals surface area contributed by atoms with Gasteiger partial charge in [-0.3, -0.25) is 0 Å². The van der Waals surface area contributed by atoms with Crippen LogP contribution in [0.2, 0.25) is 5.02 Å². The number of anilines is 1. The fourth-order valence-electron chi connectivity index (χ4n) is 2.40. The normalized spacial score (nSPS) is 16.2. The molecule has 1 heterocycles. The van der Waals surface area contributed by atoms with Crippen molar-refractivity contribution in [1.29, 1.82) is 0 Å². The molecule has 2 aromatic carbocycles. The summed E-state index contributed by atoms with van der Waals surface area (Å²) in [7, 11) is 1.58. The van der Waals surface area contributed by atoms with E-state index in [1.165, 1.54) is 12.1 Å². The molecule has 1 N–H and O–H groups in total. The molecule has 1 aliphatic heterocycles. The molecule has 0 spiro atoms. The summed E-state index contributed by atoms with van der Waals surface area (Å²) < 4.78 is 24.1. The molecule has 3 rings (SSSR count). The second-order valence-electron chi connectivity index (χ2n) is 4.93. The van der Waals surface area contributed by atoms with Crippen LogP contribution in [0.4, 0.5) is 10.1 Å². The number of hydrogen-bond donors (Lipinski definition) is 1. The van der Waals surface area contributed by atoms with Crippen molar-refractivity contribution in [2.45, 2.75) is 12.5 Å². The lowest BCUT2D eigenvalue weighted by molar-refractivity contribution is 0.246. The van der Waals surface area contributed by atoms with Crippen molar-refractivity contribution in [3.8, 4) is 11.5 Å². The van der Waals surface area contributed by atoms with Crippen molar-refractivity contribution < 1.29 is 13.9 Å². The number of benzene rings is 2. The lowest BCUT2D eigenvalue weighted by atomic mass is 10.1. The molecule has 0 aromatic heterocycles. The molecule has 1 aliphatic rings. The van der Waals surface area contributed by atoms with E-state index < -0.39 is 0 Å². The molecule has 0 bridgehead atoms. The van der Waals surface area contributed by atoms with E-state index in [1.54, 1.807) is 19.2 Å². The summed E-state index contributed by atoms with van der Waals surface area (Å²) in [6.45, 7) is 0.626. The molecular weight excluding hydrogens is 293 g/mol. The minimum atomic E-state index is -0.228. The van der Waals surface area contributed by atoms with Crippen molar-refractivity contribution in [2.24, 2.45) is 0 Å². The van der Waals surface area contributed by atoms with E-state index >= 15 is 0 Å². The van der Waals surface area contributed by atoms with Gasteiger partial charge in [0.1, 0.15) is 23.4 Å². The van der Waals surface area contributed by atoms with Gasteiger partial charge in [-0.15, -0.1) is 0 Å². The first-order valence-electron chi connectivity index (χ1n) is 6.68. The van der Waals surface area contributed by atoms with E-state index in [2.05, 4.69) is 5.32 Å². The monoisotopic (exact) mass is 307 g/mol. The van der Waals surface area contributed by atoms with Gasteiger partial charge in [0.2, 0.25) is 0 Å². The highest BCUT2D eigenvalue weighted by molar-refractivity contribution is 6.32. The van der Waals surface area contributed by atoms with E-state index in [0.29, 0.717) is 23.7 Å². The number of hydrogen-bond acceptors (Lipinski definition) is 3. The van der Waals surface area contributed by atoms with Crippen molar-refractivity contribution in [3.05, 3.63) is 52.8 Å². The van der Waals surface area contributed by atoms with E-state index in [0.717, 1.165) is 17.0 Å². The Morgan fingerprint density at radius 3 is 3.00 bits per heavy atom. The average Bonchev–Trinajstić information content (AvgIpc) is 2.88. The van der Waals surface area contributed by atoms with E-state index in [4.69, 9.17) is 21.1 Å². The van der Waals surface area contributed by atoms with Gasteiger partial charge >= 0.3 is 0 Å². The van der Waals surface area contributed by atoms with E-state index in [1.807, 2.05) is 12.1 Å². The zero-order valence-electron chi connectivity index (χ0n) is 11.5. The lowest BCUT2D eigenvalue weighted by Gasteiger charge is -2.14. The Bertz CT molecular complexity index is 663. The zero-order valence-corrected chi connectivity index (χ0v) is 12.3. The Hall–Kier alpha value is -1.94. The topological polar surface area (TPSA) is 30.5 Å². The fourth-order valence-corrected chi connectivity index (χ4v) is 2.60. The Labute approximate surface area is 127 Å². The minimum absolute atomic E-state index is 0.0107. The molecule has 0 aliphatic carbocycles. The largest absolute Gasteiger partial charge is 0.495 e. The van der Waals surface area contributed by atoms with Crippen molar-refractivity contribution in [2.75, 3.05) is 19.0 Å². The maximum absolute atomic E-state index is 13.2. The van der Waals surface area contributed by atoms with Gasteiger partial charge < -0.3 is 14.8 Å². The highest BCUT2D eigenvalue weighted by Gasteiger charge is 2.23. The number of methoxy groups -OCH3 is 1. The summed E-state index contributed by atoms with van der Waals surface area (Å²) >= 11 is 5.99. The molecule has 1 atom stereocenters. The summed E-state index contributed by atoms with van der Waals surface area (Å²) in [5.41, 5.74) is 1.82. The molecule has 110 valence electrons. The minimum Gasteiger partial charge on any atom is -0.495 e. The Morgan fingerprint density at radius 1 is 1.33 bits per heavy atom. The van der Waals surface area contributed by atoms with Crippen LogP contribution in [-0.4, -0.2) is 19.8 Å². The molecule has 2 aromatic rings. The van der Waals surface area contributed by atoms with Crippen LogP contribution in [0.3, 0.4) is 0 Å². The van der Waals surface area contributed by atoms with Crippen LogP contribution >= 0.6 is 11.6 Å². The van der Waals surface area contributed by atoms with E-state index in [-0.39, 0.29) is 11.9 Å². The summed E-state index contributed by atoms with van der Waals surface area (Å²) in [6, 6.07) is 10.1. The summed E-state index contributed by atoms with van der Waals surface area (Å²) in [6.07, 6.45) is 0.689. The molecule has 5 heteroatoms. The highest BCUT2D eigenvalue weighted by Crippen LogP contribution is 2.30. The van der Waals surface area contributed by atoms with Gasteiger partial charge in [0.25, 0.3) is 0 Å². The third-order valence-corrected chi connectivity index (χ3v) is 3.76. The van der Waals surface area contributed by atoms with Crippen LogP contribution < -0.4 is 14.8 Å². The van der Waals surface area contributed by atoms with Crippen LogP contribution in [0.1, 0.15) is 5.56 Å². The summed E-state index contributed by atoms with van der Waals surface area (Å²) in [4.78, 5) is 0. The first-order valence-corrected chi connectivity index (χ1v) is 7.06. The number of fused-ring (bicyclic) bond motifs is 1. The lowest BCUT2D eigenvalue weighted by Crippen LogP contribution is -2.23. The maximum Gasteiger partial charge on any atom is 0.139 e. The first-order chi connectivity index (χ1) is 10.2. The quantitative estimate of drug-likeness (QED) is 0.929. The molecule has 0 saturated carbocycles. The van der Waals surface area contributed by atoms with Crippen LogP contribution in [0.25, 0.3) is 0 Å². The van der Waals surface area contributed by atoms with Gasteiger partial charge in [0.05, 0.1) is 18.7 Å². The second kappa shape index (κ2) is 5.82. The van der Waals surface area contributed by atoms with Gasteiger partial charge in [-0.1, -0.05) is 11.6 Å². The summed E-state index contributed by atoms with van der Waals surface area (Å²) in [5.74, 6) is 1.16. The van der Waals surface area contributed by atoms with Gasteiger partial charge in [0, 0.05) is 23.7 Å². The smallest absolute Gasteiger partial charge is 0.139 e.